The molecule has 2 atom stereocenters. The van der Waals surface area contributed by atoms with Crippen LogP contribution in [0, 0.1) is 0 Å². The molecule has 19 heavy (non-hydrogen) atoms. The molecule has 2 amide bonds. The van der Waals surface area contributed by atoms with E-state index in [0.29, 0.717) is 26.0 Å². The topological polar surface area (TPSA) is 70.1 Å². The van der Waals surface area contributed by atoms with E-state index in [1.54, 1.807) is 19.1 Å². The molecular formula is C13H24N2O4. The first-order valence-corrected chi connectivity index (χ1v) is 6.67. The van der Waals surface area contributed by atoms with Crippen LogP contribution in [0.4, 0.5) is 4.79 Å². The zero-order valence-corrected chi connectivity index (χ0v) is 12.2. The molecule has 0 spiro atoms. The Hall–Kier alpha value is -1.30. The second-order valence-corrected chi connectivity index (χ2v) is 5.14. The average molecular weight is 272 g/mol. The number of carboxylic acid groups (broad SMARTS) is 1. The van der Waals surface area contributed by atoms with Gasteiger partial charge in [0.2, 0.25) is 0 Å². The van der Waals surface area contributed by atoms with Crippen LogP contribution in [-0.4, -0.2) is 65.8 Å². The molecular weight excluding hydrogens is 248 g/mol. The molecule has 6 nitrogen and oxygen atoms in total. The van der Waals surface area contributed by atoms with Crippen molar-refractivity contribution in [2.45, 2.75) is 44.7 Å². The first-order chi connectivity index (χ1) is 8.90. The van der Waals surface area contributed by atoms with Crippen molar-refractivity contribution in [3.8, 4) is 0 Å². The maximum atomic E-state index is 12.5. The van der Waals surface area contributed by atoms with Gasteiger partial charge in [-0.05, 0) is 26.2 Å². The van der Waals surface area contributed by atoms with Crippen LogP contribution in [0.2, 0.25) is 0 Å². The van der Waals surface area contributed by atoms with Crippen molar-refractivity contribution in [3.05, 3.63) is 0 Å². The first kappa shape index (κ1) is 15.8. The molecule has 1 N–H and O–H groups in total. The zero-order chi connectivity index (χ0) is 14.6. The van der Waals surface area contributed by atoms with Crippen LogP contribution >= 0.6 is 0 Å². The second-order valence-electron chi connectivity index (χ2n) is 5.14. The fourth-order valence-electron chi connectivity index (χ4n) is 2.63. The van der Waals surface area contributed by atoms with Gasteiger partial charge < -0.3 is 19.6 Å². The maximum Gasteiger partial charge on any atom is 0.329 e. The van der Waals surface area contributed by atoms with E-state index in [0.717, 1.165) is 6.42 Å². The van der Waals surface area contributed by atoms with Crippen LogP contribution in [0.3, 0.4) is 0 Å². The molecule has 6 heteroatoms. The number of likely N-dealkylation sites (N-methyl/N-ethyl adjacent to an activating group) is 1. The summed E-state index contributed by atoms with van der Waals surface area (Å²) in [6, 6.07) is -0.312. The summed E-state index contributed by atoms with van der Waals surface area (Å²) in [7, 11) is 3.27. The molecule has 2 unspecified atom stereocenters. The molecule has 0 bridgehead atoms. The van der Waals surface area contributed by atoms with Crippen molar-refractivity contribution in [1.82, 2.24) is 9.80 Å². The fourth-order valence-corrected chi connectivity index (χ4v) is 2.63. The molecule has 1 rings (SSSR count). The van der Waals surface area contributed by atoms with E-state index in [1.807, 2.05) is 13.8 Å². The highest BCUT2D eigenvalue weighted by atomic mass is 16.5. The van der Waals surface area contributed by atoms with Crippen LogP contribution in [0.5, 0.6) is 0 Å². The summed E-state index contributed by atoms with van der Waals surface area (Å²) in [5, 5.41) is 9.47. The van der Waals surface area contributed by atoms with Crippen molar-refractivity contribution < 1.29 is 19.4 Å². The van der Waals surface area contributed by atoms with E-state index in [2.05, 4.69) is 0 Å². The Balaban J connectivity index is 2.88. The van der Waals surface area contributed by atoms with Crippen LogP contribution in [0.15, 0.2) is 0 Å². The predicted octanol–water partition coefficient (Wildman–Crippen LogP) is 1.40. The van der Waals surface area contributed by atoms with E-state index >= 15 is 0 Å². The Morgan fingerprint density at radius 1 is 1.53 bits per heavy atom. The van der Waals surface area contributed by atoms with E-state index < -0.39 is 11.5 Å². The van der Waals surface area contributed by atoms with Crippen LogP contribution in [0.25, 0.3) is 0 Å². The van der Waals surface area contributed by atoms with Crippen molar-refractivity contribution in [2.24, 2.45) is 0 Å². The quantitative estimate of drug-likeness (QED) is 0.821. The molecule has 0 aromatic carbocycles. The second kappa shape index (κ2) is 6.23. The third-order valence-electron chi connectivity index (χ3n) is 4.07. The molecule has 0 saturated carbocycles. The average Bonchev–Trinajstić information content (AvgIpc) is 2.82. The molecule has 1 heterocycles. The lowest BCUT2D eigenvalue weighted by molar-refractivity contribution is -0.148. The van der Waals surface area contributed by atoms with Crippen LogP contribution in [0.1, 0.15) is 33.1 Å². The smallest absolute Gasteiger partial charge is 0.329 e. The number of carboxylic acids is 1. The number of urea groups is 1. The third-order valence-corrected chi connectivity index (χ3v) is 4.07. The number of nitrogens with zero attached hydrogens (tertiary/aromatic N) is 2. The van der Waals surface area contributed by atoms with Gasteiger partial charge in [-0.1, -0.05) is 6.92 Å². The lowest BCUT2D eigenvalue weighted by atomic mass is 9.93. The Morgan fingerprint density at radius 2 is 2.16 bits per heavy atom. The normalized spacial score (nSPS) is 24.3. The van der Waals surface area contributed by atoms with Gasteiger partial charge in [0.25, 0.3) is 0 Å². The number of hydrogen-bond donors (Lipinski definition) is 1. The summed E-state index contributed by atoms with van der Waals surface area (Å²) < 4.78 is 5.03. The number of carbonyl (C=O) groups is 2. The molecule has 0 aliphatic carbocycles. The highest BCUT2D eigenvalue weighted by Crippen LogP contribution is 2.33. The summed E-state index contributed by atoms with van der Waals surface area (Å²) in [6.07, 6.45) is 1.69. The summed E-state index contributed by atoms with van der Waals surface area (Å²) in [5.74, 6) is -0.909. The van der Waals surface area contributed by atoms with E-state index in [-0.39, 0.29) is 12.1 Å². The van der Waals surface area contributed by atoms with Crippen molar-refractivity contribution in [3.63, 3.8) is 0 Å². The van der Waals surface area contributed by atoms with E-state index in [9.17, 15) is 14.7 Å². The number of methoxy groups -OCH3 is 1. The van der Waals surface area contributed by atoms with Crippen LogP contribution in [-0.2, 0) is 9.53 Å². The highest BCUT2D eigenvalue weighted by molar-refractivity contribution is 5.87. The number of hydrogen-bond acceptors (Lipinski definition) is 3. The fraction of sp³-hybridized carbons (Fsp3) is 0.846. The number of likely N-dealkylation sites (tertiary alicyclic amines) is 1. The summed E-state index contributed by atoms with van der Waals surface area (Å²) >= 11 is 0. The lowest BCUT2D eigenvalue weighted by Crippen LogP contribution is -2.57. The Bertz CT molecular complexity index is 348. The van der Waals surface area contributed by atoms with Gasteiger partial charge in [0, 0.05) is 20.7 Å². The SMILES string of the molecule is CCC1(C(=O)O)CCCN1C(=O)N(C)C(C)COC. The molecule has 1 aliphatic heterocycles. The predicted molar refractivity (Wildman–Crippen MR) is 71.1 cm³/mol. The van der Waals surface area contributed by atoms with Gasteiger partial charge in [-0.25, -0.2) is 9.59 Å². The Kier molecular flexibility index (Phi) is 5.17. The summed E-state index contributed by atoms with van der Waals surface area (Å²) in [6.45, 7) is 4.63. The van der Waals surface area contributed by atoms with Gasteiger partial charge >= 0.3 is 12.0 Å². The van der Waals surface area contributed by atoms with E-state index in [4.69, 9.17) is 4.74 Å². The standard InChI is InChI=1S/C13H24N2O4/c1-5-13(11(16)17)7-6-8-15(13)12(18)14(3)10(2)9-19-4/h10H,5-9H2,1-4H3,(H,16,17). The Labute approximate surface area is 114 Å². The van der Waals surface area contributed by atoms with Crippen molar-refractivity contribution in [1.29, 1.82) is 0 Å². The molecule has 0 aromatic rings. The van der Waals surface area contributed by atoms with Crippen molar-refractivity contribution >= 4 is 12.0 Å². The molecule has 110 valence electrons. The minimum atomic E-state index is -1.04. The van der Waals surface area contributed by atoms with Gasteiger partial charge in [-0.2, -0.15) is 0 Å². The van der Waals surface area contributed by atoms with Gasteiger partial charge in [-0.15, -0.1) is 0 Å². The zero-order valence-electron chi connectivity index (χ0n) is 12.2. The molecule has 1 saturated heterocycles. The first-order valence-electron chi connectivity index (χ1n) is 6.67. The molecule has 1 fully saturated rings. The van der Waals surface area contributed by atoms with Gasteiger partial charge in [0.1, 0.15) is 5.54 Å². The Morgan fingerprint density at radius 3 is 2.63 bits per heavy atom. The molecule has 1 aliphatic rings. The van der Waals surface area contributed by atoms with Gasteiger partial charge in [0.15, 0.2) is 0 Å². The highest BCUT2D eigenvalue weighted by Gasteiger charge is 2.49. The minimum Gasteiger partial charge on any atom is -0.479 e. The minimum absolute atomic E-state index is 0.0820. The van der Waals surface area contributed by atoms with Gasteiger partial charge in [-0.3, -0.25) is 0 Å². The monoisotopic (exact) mass is 272 g/mol. The summed E-state index contributed by atoms with van der Waals surface area (Å²) in [4.78, 5) is 27.1. The number of ether oxygens (including phenoxy) is 1. The number of carbonyl (C=O) groups excluding carboxylic acids is 1. The third kappa shape index (κ3) is 2.83. The number of rotatable bonds is 5. The largest absolute Gasteiger partial charge is 0.479 e. The van der Waals surface area contributed by atoms with E-state index in [1.165, 1.54) is 4.90 Å². The number of aliphatic carboxylic acids is 1. The molecule has 0 aromatic heterocycles. The lowest BCUT2D eigenvalue weighted by Gasteiger charge is -2.38. The van der Waals surface area contributed by atoms with Gasteiger partial charge in [0.05, 0.1) is 12.6 Å². The van der Waals surface area contributed by atoms with Crippen molar-refractivity contribution in [2.75, 3.05) is 27.3 Å². The summed E-state index contributed by atoms with van der Waals surface area (Å²) in [5.41, 5.74) is -1.04. The number of amides is 2. The maximum absolute atomic E-state index is 12.5. The van der Waals surface area contributed by atoms with Crippen LogP contribution < -0.4 is 0 Å². The molecule has 0 radical (unpaired) electrons.